The molecule has 3 amide bonds. The van der Waals surface area contributed by atoms with Crippen molar-refractivity contribution < 1.29 is 9.59 Å². The number of fused-ring (bicyclic) bond motifs is 4. The molecule has 4 N–H and O–H groups in total. The lowest BCUT2D eigenvalue weighted by molar-refractivity contribution is -0.122. The summed E-state index contributed by atoms with van der Waals surface area (Å²) in [6.45, 7) is 0. The number of unbranched alkanes of at least 4 members (excludes halogenated alkanes) is 1. The number of carbonyl (C=O) groups excluding carboxylic acids is 2. The maximum absolute atomic E-state index is 12.6. The third kappa shape index (κ3) is 3.72. The van der Waals surface area contributed by atoms with Crippen LogP contribution in [0.5, 0.6) is 0 Å². The van der Waals surface area contributed by atoms with Gasteiger partial charge in [0.25, 0.3) is 0 Å². The van der Waals surface area contributed by atoms with Gasteiger partial charge in [0.15, 0.2) is 0 Å². The van der Waals surface area contributed by atoms with Crippen LogP contribution in [-0.2, 0) is 11.2 Å². The Kier molecular flexibility index (Phi) is 5.16. The lowest BCUT2D eigenvalue weighted by Crippen LogP contribution is -2.36. The first kappa shape index (κ1) is 18.9. The van der Waals surface area contributed by atoms with Gasteiger partial charge < -0.3 is 20.9 Å². The van der Waals surface area contributed by atoms with E-state index in [-0.39, 0.29) is 30.1 Å². The van der Waals surface area contributed by atoms with Crippen molar-refractivity contribution in [1.29, 1.82) is 0 Å². The Hall–Kier alpha value is -2.15. The summed E-state index contributed by atoms with van der Waals surface area (Å²) < 4.78 is 0. The van der Waals surface area contributed by atoms with Gasteiger partial charge in [0.2, 0.25) is 5.91 Å². The zero-order valence-electron chi connectivity index (χ0n) is 16.5. The fraction of sp³-hybridized carbons (Fsp3) is 0.545. The number of hydrogen-bond donors (Lipinski definition) is 4. The van der Waals surface area contributed by atoms with Gasteiger partial charge in [-0.1, -0.05) is 24.6 Å². The first-order valence-corrected chi connectivity index (χ1v) is 11.8. The Morgan fingerprint density at radius 1 is 1.21 bits per heavy atom. The van der Waals surface area contributed by atoms with E-state index in [0.717, 1.165) is 44.3 Å². The van der Waals surface area contributed by atoms with E-state index in [4.69, 9.17) is 0 Å². The second kappa shape index (κ2) is 7.94. The first-order chi connectivity index (χ1) is 14.2. The zero-order chi connectivity index (χ0) is 19.8. The number of benzene rings is 1. The van der Waals surface area contributed by atoms with Crippen LogP contribution in [0.2, 0.25) is 0 Å². The molecular weight excluding hydrogens is 384 g/mol. The molecule has 0 saturated carbocycles. The summed E-state index contributed by atoms with van der Waals surface area (Å²) in [5, 5.41) is 11.0. The maximum Gasteiger partial charge on any atom is 0.315 e. The van der Waals surface area contributed by atoms with E-state index in [2.05, 4.69) is 45.2 Å². The van der Waals surface area contributed by atoms with Crippen LogP contribution >= 0.6 is 11.8 Å². The molecule has 2 saturated heterocycles. The molecule has 2 fully saturated rings. The van der Waals surface area contributed by atoms with Crippen molar-refractivity contribution in [2.24, 2.45) is 0 Å². The van der Waals surface area contributed by atoms with E-state index in [1.807, 2.05) is 11.8 Å². The minimum atomic E-state index is -0.0338. The van der Waals surface area contributed by atoms with Gasteiger partial charge in [-0.2, -0.15) is 11.8 Å². The number of nitrogens with one attached hydrogen (secondary N) is 4. The molecule has 3 heterocycles. The molecule has 3 aliphatic rings. The van der Waals surface area contributed by atoms with Crippen LogP contribution in [-0.4, -0.2) is 40.0 Å². The van der Waals surface area contributed by atoms with E-state index in [1.165, 1.54) is 22.2 Å². The number of aromatic amines is 1. The number of rotatable bonds is 6. The van der Waals surface area contributed by atoms with Gasteiger partial charge in [0.05, 0.1) is 18.1 Å². The third-order valence-electron chi connectivity index (χ3n) is 6.53. The molecule has 7 heteroatoms. The minimum Gasteiger partial charge on any atom is -0.356 e. The minimum absolute atomic E-state index is 0.0338. The standard InChI is InChI=1S/C22H28N4O2S/c27-19(11-4-3-10-18-21-17(12-29-18)25-22(28)26-21)23-16-9-5-7-14-13-6-1-2-8-15(13)24-20(14)16/h1-2,6,8,16-18,21,24H,3-5,7,9-12H2,(H,23,27)(H2,25,26,28)/t16-,17+,18+,21+/m1/s1. The topological polar surface area (TPSA) is 86.0 Å². The third-order valence-corrected chi connectivity index (χ3v) is 8.04. The molecule has 2 aliphatic heterocycles. The molecule has 0 spiro atoms. The van der Waals surface area contributed by atoms with Crippen molar-refractivity contribution in [1.82, 2.24) is 20.9 Å². The van der Waals surface area contributed by atoms with Crippen LogP contribution in [0.3, 0.4) is 0 Å². The van der Waals surface area contributed by atoms with E-state index in [1.54, 1.807) is 0 Å². The lowest BCUT2D eigenvalue weighted by Gasteiger charge is -2.24. The fourth-order valence-corrected chi connectivity index (χ4v) is 6.64. The summed E-state index contributed by atoms with van der Waals surface area (Å²) in [6.07, 6.45) is 6.73. The predicted octanol–water partition coefficient (Wildman–Crippen LogP) is 3.39. The number of hydrogen-bond acceptors (Lipinski definition) is 3. The number of urea groups is 1. The molecule has 4 atom stereocenters. The van der Waals surface area contributed by atoms with Crippen LogP contribution in [0.4, 0.5) is 4.79 Å². The zero-order valence-corrected chi connectivity index (χ0v) is 17.3. The summed E-state index contributed by atoms with van der Waals surface area (Å²) in [5.41, 5.74) is 3.74. The van der Waals surface area contributed by atoms with Gasteiger partial charge in [-0.15, -0.1) is 0 Å². The van der Waals surface area contributed by atoms with Crippen molar-refractivity contribution in [2.75, 3.05) is 5.75 Å². The molecule has 1 aromatic carbocycles. The van der Waals surface area contributed by atoms with Crippen LogP contribution in [0, 0.1) is 0 Å². The molecule has 1 aliphatic carbocycles. The number of thioether (sulfide) groups is 1. The van der Waals surface area contributed by atoms with Gasteiger partial charge in [0.1, 0.15) is 0 Å². The number of carbonyl (C=O) groups is 2. The van der Waals surface area contributed by atoms with Crippen molar-refractivity contribution in [3.63, 3.8) is 0 Å². The molecule has 154 valence electrons. The SMILES string of the molecule is O=C(CCCC[C@@H]1SC[C@@H]2NC(=O)N[C@@H]21)N[C@@H]1CCCc2c1[nH]c1ccccc21. The highest BCUT2D eigenvalue weighted by molar-refractivity contribution is 8.00. The highest BCUT2D eigenvalue weighted by atomic mass is 32.2. The molecule has 1 aromatic heterocycles. The summed E-state index contributed by atoms with van der Waals surface area (Å²) in [5.74, 6) is 1.14. The van der Waals surface area contributed by atoms with Gasteiger partial charge >= 0.3 is 6.03 Å². The van der Waals surface area contributed by atoms with Crippen LogP contribution in [0.25, 0.3) is 10.9 Å². The average Bonchev–Trinajstić information content (AvgIpc) is 3.38. The van der Waals surface area contributed by atoms with Crippen LogP contribution in [0.1, 0.15) is 55.8 Å². The molecule has 6 nitrogen and oxygen atoms in total. The number of H-pyrrole nitrogens is 1. The lowest BCUT2D eigenvalue weighted by atomic mass is 9.91. The highest BCUT2D eigenvalue weighted by Crippen LogP contribution is 2.35. The first-order valence-electron chi connectivity index (χ1n) is 10.8. The van der Waals surface area contributed by atoms with E-state index < -0.39 is 0 Å². The largest absolute Gasteiger partial charge is 0.356 e. The average molecular weight is 413 g/mol. The van der Waals surface area contributed by atoms with Crippen molar-refractivity contribution >= 4 is 34.6 Å². The summed E-state index contributed by atoms with van der Waals surface area (Å²) in [4.78, 5) is 27.6. The Bertz CT molecular complexity index is 927. The Balaban J connectivity index is 1.11. The number of aromatic nitrogens is 1. The van der Waals surface area contributed by atoms with E-state index >= 15 is 0 Å². The van der Waals surface area contributed by atoms with Gasteiger partial charge in [0, 0.05) is 34.0 Å². The molecule has 0 bridgehead atoms. The quantitative estimate of drug-likeness (QED) is 0.433. The van der Waals surface area contributed by atoms with E-state index in [9.17, 15) is 9.59 Å². The summed E-state index contributed by atoms with van der Waals surface area (Å²) >= 11 is 1.94. The summed E-state index contributed by atoms with van der Waals surface area (Å²) in [6, 6.07) is 9.01. The number of amides is 3. The Morgan fingerprint density at radius 3 is 3.03 bits per heavy atom. The second-order valence-electron chi connectivity index (χ2n) is 8.44. The monoisotopic (exact) mass is 412 g/mol. The Labute approximate surface area is 175 Å². The predicted molar refractivity (Wildman–Crippen MR) is 116 cm³/mol. The molecular formula is C22H28N4O2S. The molecule has 0 radical (unpaired) electrons. The smallest absolute Gasteiger partial charge is 0.315 e. The Morgan fingerprint density at radius 2 is 2.10 bits per heavy atom. The maximum atomic E-state index is 12.6. The van der Waals surface area contributed by atoms with Crippen LogP contribution < -0.4 is 16.0 Å². The fourth-order valence-electron chi connectivity index (χ4n) is 5.10. The van der Waals surface area contributed by atoms with Gasteiger partial charge in [-0.25, -0.2) is 4.79 Å². The van der Waals surface area contributed by atoms with Gasteiger partial charge in [-0.05, 0) is 43.7 Å². The molecule has 0 unspecified atom stereocenters. The van der Waals surface area contributed by atoms with Gasteiger partial charge in [-0.3, -0.25) is 4.79 Å². The molecule has 29 heavy (non-hydrogen) atoms. The van der Waals surface area contributed by atoms with E-state index in [0.29, 0.717) is 11.7 Å². The second-order valence-corrected chi connectivity index (χ2v) is 9.71. The van der Waals surface area contributed by atoms with Crippen molar-refractivity contribution in [3.8, 4) is 0 Å². The highest BCUT2D eigenvalue weighted by Gasteiger charge is 2.42. The molecule has 5 rings (SSSR count). The van der Waals surface area contributed by atoms with Crippen LogP contribution in [0.15, 0.2) is 24.3 Å². The normalized spacial score (nSPS) is 27.9. The summed E-state index contributed by atoms with van der Waals surface area (Å²) in [7, 11) is 0. The van der Waals surface area contributed by atoms with Crippen molar-refractivity contribution in [3.05, 3.63) is 35.5 Å². The number of aryl methyl sites for hydroxylation is 1. The van der Waals surface area contributed by atoms with Crippen molar-refractivity contribution in [2.45, 2.75) is 68.3 Å². The number of para-hydroxylation sites is 1. The molecule has 2 aromatic rings.